The van der Waals surface area contributed by atoms with Crippen molar-refractivity contribution in [3.8, 4) is 0 Å². The molecule has 0 radical (unpaired) electrons. The Bertz CT molecular complexity index is 865. The predicted molar refractivity (Wildman–Crippen MR) is 104 cm³/mol. The zero-order valence-corrected chi connectivity index (χ0v) is 15.7. The number of rotatable bonds is 3. The molecule has 2 N–H and O–H groups in total. The molecule has 0 aromatic heterocycles. The van der Waals surface area contributed by atoms with Crippen LogP contribution in [0.1, 0.15) is 29.5 Å². The van der Waals surface area contributed by atoms with Crippen molar-refractivity contribution >= 4 is 23.2 Å². The van der Waals surface area contributed by atoms with Gasteiger partial charge in [-0.15, -0.1) is 0 Å². The largest absolute Gasteiger partial charge is 0.381 e. The molecule has 142 valence electrons. The van der Waals surface area contributed by atoms with Gasteiger partial charge in [0.2, 0.25) is 5.91 Å². The van der Waals surface area contributed by atoms with Crippen LogP contribution in [-0.2, 0) is 27.9 Å². The minimum absolute atomic E-state index is 0.230. The molecule has 0 spiro atoms. The minimum atomic E-state index is -0.819. The fourth-order valence-electron chi connectivity index (χ4n) is 4.06. The maximum absolute atomic E-state index is 15.0. The summed E-state index contributed by atoms with van der Waals surface area (Å²) in [6.45, 7) is 2.33. The number of carbonyl (C=O) groups is 1. The highest BCUT2D eigenvalue weighted by molar-refractivity contribution is 6.31. The van der Waals surface area contributed by atoms with E-state index in [9.17, 15) is 9.18 Å². The Balaban J connectivity index is 1.68. The molecule has 2 aliphatic rings. The monoisotopic (exact) mass is 388 g/mol. The zero-order chi connectivity index (χ0) is 18.9. The summed E-state index contributed by atoms with van der Waals surface area (Å²) in [6.07, 6.45) is 1.65. The number of benzene rings is 2. The van der Waals surface area contributed by atoms with Gasteiger partial charge in [-0.3, -0.25) is 4.79 Å². The van der Waals surface area contributed by atoms with E-state index >= 15 is 0 Å². The van der Waals surface area contributed by atoms with Crippen molar-refractivity contribution in [3.63, 3.8) is 0 Å². The van der Waals surface area contributed by atoms with Gasteiger partial charge in [0, 0.05) is 24.8 Å². The van der Waals surface area contributed by atoms with Crippen LogP contribution in [0.5, 0.6) is 0 Å². The van der Waals surface area contributed by atoms with Gasteiger partial charge in [-0.1, -0.05) is 35.9 Å². The first-order valence-corrected chi connectivity index (χ1v) is 9.65. The van der Waals surface area contributed by atoms with E-state index in [4.69, 9.17) is 16.3 Å². The van der Waals surface area contributed by atoms with Crippen molar-refractivity contribution in [2.45, 2.75) is 31.2 Å². The number of anilines is 1. The van der Waals surface area contributed by atoms with Crippen molar-refractivity contribution in [1.82, 2.24) is 5.32 Å². The van der Waals surface area contributed by atoms with Crippen molar-refractivity contribution < 1.29 is 13.9 Å². The number of fused-ring (bicyclic) bond motifs is 1. The van der Waals surface area contributed by atoms with E-state index < -0.39 is 5.41 Å². The fourth-order valence-corrected chi connectivity index (χ4v) is 4.38. The molecule has 1 fully saturated rings. The van der Waals surface area contributed by atoms with Gasteiger partial charge in [-0.2, -0.15) is 0 Å². The van der Waals surface area contributed by atoms with Crippen LogP contribution in [-0.4, -0.2) is 25.7 Å². The van der Waals surface area contributed by atoms with E-state index in [1.807, 2.05) is 24.3 Å². The highest BCUT2D eigenvalue weighted by Crippen LogP contribution is 2.40. The molecular weight excluding hydrogens is 367 g/mol. The molecule has 0 bridgehead atoms. The van der Waals surface area contributed by atoms with E-state index in [-0.39, 0.29) is 17.4 Å². The summed E-state index contributed by atoms with van der Waals surface area (Å²) in [5, 5.41) is 6.63. The summed E-state index contributed by atoms with van der Waals surface area (Å²) in [5.74, 6) is -0.560. The average Bonchev–Trinajstić information content (AvgIpc) is 2.71. The molecule has 0 saturated carbocycles. The molecule has 0 atom stereocenters. The van der Waals surface area contributed by atoms with Gasteiger partial charge >= 0.3 is 0 Å². The Kier molecular flexibility index (Phi) is 5.17. The van der Waals surface area contributed by atoms with Crippen LogP contribution in [0.25, 0.3) is 0 Å². The van der Waals surface area contributed by atoms with Crippen molar-refractivity contribution in [2.24, 2.45) is 0 Å². The third-order valence-electron chi connectivity index (χ3n) is 5.63. The Hall–Kier alpha value is -1.95. The first-order valence-electron chi connectivity index (χ1n) is 9.27. The highest BCUT2D eigenvalue weighted by Gasteiger charge is 2.43. The van der Waals surface area contributed by atoms with Gasteiger partial charge in [0.05, 0.1) is 11.1 Å². The molecular formula is C21H22ClFN2O2. The normalized spacial score (nSPS) is 18.6. The van der Waals surface area contributed by atoms with Crippen LogP contribution in [0.15, 0.2) is 36.4 Å². The molecule has 0 unspecified atom stereocenters. The van der Waals surface area contributed by atoms with E-state index in [1.54, 1.807) is 12.1 Å². The second kappa shape index (κ2) is 7.58. The molecule has 27 heavy (non-hydrogen) atoms. The Morgan fingerprint density at radius 2 is 1.96 bits per heavy atom. The Morgan fingerprint density at radius 1 is 1.19 bits per heavy atom. The van der Waals surface area contributed by atoms with Gasteiger partial charge < -0.3 is 15.4 Å². The highest BCUT2D eigenvalue weighted by atomic mass is 35.5. The zero-order valence-electron chi connectivity index (χ0n) is 15.0. The Morgan fingerprint density at radius 3 is 2.74 bits per heavy atom. The maximum atomic E-state index is 15.0. The van der Waals surface area contributed by atoms with Crippen LogP contribution in [0, 0.1) is 5.82 Å². The lowest BCUT2D eigenvalue weighted by Crippen LogP contribution is -2.45. The van der Waals surface area contributed by atoms with Gasteiger partial charge in [0.25, 0.3) is 0 Å². The maximum Gasteiger partial charge on any atom is 0.235 e. The third-order valence-corrected chi connectivity index (χ3v) is 5.96. The topological polar surface area (TPSA) is 50.4 Å². The fraction of sp³-hybridized carbons (Fsp3) is 0.381. The summed E-state index contributed by atoms with van der Waals surface area (Å²) in [5.41, 5.74) is 1.82. The lowest BCUT2D eigenvalue weighted by atomic mass is 9.73. The molecule has 0 aliphatic carbocycles. The van der Waals surface area contributed by atoms with Gasteiger partial charge in [0.1, 0.15) is 5.82 Å². The van der Waals surface area contributed by atoms with Gasteiger partial charge in [0.15, 0.2) is 0 Å². The molecule has 4 rings (SSSR count). The lowest BCUT2D eigenvalue weighted by Gasteiger charge is -2.37. The minimum Gasteiger partial charge on any atom is -0.381 e. The van der Waals surface area contributed by atoms with Crippen LogP contribution in [0.3, 0.4) is 0 Å². The number of carbonyl (C=O) groups excluding carboxylic acids is 1. The molecule has 2 heterocycles. The number of halogens is 2. The number of nitrogens with one attached hydrogen (secondary N) is 2. The molecule has 4 nitrogen and oxygen atoms in total. The van der Waals surface area contributed by atoms with E-state index in [0.717, 1.165) is 17.7 Å². The third kappa shape index (κ3) is 3.35. The van der Waals surface area contributed by atoms with Crippen molar-refractivity contribution in [3.05, 3.63) is 63.9 Å². The van der Waals surface area contributed by atoms with Gasteiger partial charge in [-0.25, -0.2) is 4.39 Å². The van der Waals surface area contributed by atoms with E-state index in [1.165, 1.54) is 0 Å². The Labute approximate surface area is 163 Å². The second-order valence-corrected chi connectivity index (χ2v) is 7.53. The number of ether oxygens (including phenoxy) is 1. The van der Waals surface area contributed by atoms with E-state index in [2.05, 4.69) is 10.6 Å². The summed E-state index contributed by atoms with van der Waals surface area (Å²) < 4.78 is 20.5. The summed E-state index contributed by atoms with van der Waals surface area (Å²) in [4.78, 5) is 13.4. The second-order valence-electron chi connectivity index (χ2n) is 7.12. The molecule has 2 aromatic rings. The van der Waals surface area contributed by atoms with Crippen LogP contribution in [0.2, 0.25) is 5.02 Å². The molecule has 6 heteroatoms. The smallest absolute Gasteiger partial charge is 0.235 e. The standard InChI is InChI=1S/C21H22ClFN2O2/c22-17-4-2-1-3-16(17)21(8-11-27-12-9-21)20(26)25-18-6-5-14-13-24-10-7-15(14)19(18)23/h1-6,24H,7-13H2,(H,25,26). The summed E-state index contributed by atoms with van der Waals surface area (Å²) in [6, 6.07) is 10.9. The quantitative estimate of drug-likeness (QED) is 0.840. The predicted octanol–water partition coefficient (Wildman–Crippen LogP) is 3.81. The van der Waals surface area contributed by atoms with Crippen molar-refractivity contribution in [1.29, 1.82) is 0 Å². The van der Waals surface area contributed by atoms with Crippen molar-refractivity contribution in [2.75, 3.05) is 25.1 Å². The van der Waals surface area contributed by atoms with Crippen LogP contribution < -0.4 is 10.6 Å². The lowest BCUT2D eigenvalue weighted by molar-refractivity contribution is -0.125. The van der Waals surface area contributed by atoms with Crippen LogP contribution >= 0.6 is 11.6 Å². The summed E-state index contributed by atoms with van der Waals surface area (Å²) in [7, 11) is 0. The average molecular weight is 389 g/mol. The number of hydrogen-bond acceptors (Lipinski definition) is 3. The SMILES string of the molecule is O=C(Nc1ccc2c(c1F)CCNC2)C1(c2ccccc2Cl)CCOCC1. The van der Waals surface area contributed by atoms with Gasteiger partial charge in [-0.05, 0) is 54.6 Å². The molecule has 2 aromatic carbocycles. The molecule has 2 aliphatic heterocycles. The molecule has 1 amide bonds. The summed E-state index contributed by atoms with van der Waals surface area (Å²) >= 11 is 6.42. The number of hydrogen-bond donors (Lipinski definition) is 2. The first kappa shape index (κ1) is 18.4. The number of amides is 1. The first-order chi connectivity index (χ1) is 13.1. The van der Waals surface area contributed by atoms with Crippen LogP contribution in [0.4, 0.5) is 10.1 Å². The molecule has 1 saturated heterocycles. The van der Waals surface area contributed by atoms with E-state index in [0.29, 0.717) is 49.6 Å².